The summed E-state index contributed by atoms with van der Waals surface area (Å²) < 4.78 is 0. The van der Waals surface area contributed by atoms with Crippen molar-refractivity contribution in [2.24, 2.45) is 11.3 Å². The number of carbonyl (C=O) groups excluding carboxylic acids is 1. The number of hydrogen-bond acceptors (Lipinski definition) is 4. The average molecular weight is 369 g/mol. The lowest BCUT2D eigenvalue weighted by atomic mass is 9.74. The van der Waals surface area contributed by atoms with Gasteiger partial charge in [-0.25, -0.2) is 0 Å². The molecule has 5 nitrogen and oxygen atoms in total. The molecule has 1 aliphatic rings. The largest absolute Gasteiger partial charge is 0.481 e. The molecule has 0 amide bonds. The number of hydrogen-bond donors (Lipinski definition) is 3. The summed E-state index contributed by atoms with van der Waals surface area (Å²) in [6, 6.07) is 0. The van der Waals surface area contributed by atoms with Gasteiger partial charge in [-0.3, -0.25) is 9.59 Å². The van der Waals surface area contributed by atoms with Gasteiger partial charge in [0.15, 0.2) is 0 Å². The molecule has 0 bridgehead atoms. The van der Waals surface area contributed by atoms with Gasteiger partial charge >= 0.3 is 5.97 Å². The van der Waals surface area contributed by atoms with Crippen molar-refractivity contribution in [2.75, 3.05) is 0 Å². The van der Waals surface area contributed by atoms with Crippen LogP contribution in [0.5, 0.6) is 0 Å². The molecule has 0 radical (unpaired) electrons. The van der Waals surface area contributed by atoms with Crippen molar-refractivity contribution in [2.45, 2.75) is 96.7 Å². The van der Waals surface area contributed by atoms with Crippen LogP contribution in [0.2, 0.25) is 0 Å². The smallest absolute Gasteiger partial charge is 0.303 e. The van der Waals surface area contributed by atoms with Gasteiger partial charge in [0, 0.05) is 24.2 Å². The third-order valence-corrected chi connectivity index (χ3v) is 5.66. The van der Waals surface area contributed by atoms with E-state index in [0.29, 0.717) is 19.3 Å². The molecule has 0 spiro atoms. The molecule has 5 heteroatoms. The van der Waals surface area contributed by atoms with E-state index in [-0.39, 0.29) is 24.5 Å². The van der Waals surface area contributed by atoms with E-state index in [1.165, 1.54) is 0 Å². The van der Waals surface area contributed by atoms with Gasteiger partial charge < -0.3 is 15.3 Å². The van der Waals surface area contributed by atoms with Crippen LogP contribution in [-0.2, 0) is 9.59 Å². The summed E-state index contributed by atoms with van der Waals surface area (Å²) in [5, 5.41) is 29.0. The highest BCUT2D eigenvalue weighted by Crippen LogP contribution is 2.45. The molecule has 1 fully saturated rings. The number of carboxylic acid groups (broad SMARTS) is 1. The number of aliphatic hydroxyl groups excluding tert-OH is 2. The van der Waals surface area contributed by atoms with Crippen molar-refractivity contribution >= 4 is 11.8 Å². The van der Waals surface area contributed by atoms with Crippen molar-refractivity contribution < 1.29 is 24.9 Å². The SMILES string of the molecule is CCCCCC(O)C=C[C@H]1[C@H](O)CC(=O)[C@]1(C)CCCCCCC(=O)O. The van der Waals surface area contributed by atoms with Gasteiger partial charge in [-0.1, -0.05) is 64.5 Å². The molecule has 0 heterocycles. The summed E-state index contributed by atoms with van der Waals surface area (Å²) in [7, 11) is 0. The third kappa shape index (κ3) is 7.20. The highest BCUT2D eigenvalue weighted by molar-refractivity contribution is 5.88. The summed E-state index contributed by atoms with van der Waals surface area (Å²) in [6.07, 6.45) is 10.6. The molecule has 4 atom stereocenters. The molecule has 0 aromatic heterocycles. The molecule has 150 valence electrons. The number of unbranched alkanes of at least 4 members (excludes halogenated alkanes) is 5. The second kappa shape index (κ2) is 11.5. The van der Waals surface area contributed by atoms with E-state index < -0.39 is 23.6 Å². The van der Waals surface area contributed by atoms with Crippen LogP contribution >= 0.6 is 0 Å². The number of ketones is 1. The minimum absolute atomic E-state index is 0.0886. The maximum absolute atomic E-state index is 12.4. The van der Waals surface area contributed by atoms with E-state index in [9.17, 15) is 19.8 Å². The minimum atomic E-state index is -0.770. The fourth-order valence-electron chi connectivity index (χ4n) is 3.88. The first kappa shape index (κ1) is 22.8. The van der Waals surface area contributed by atoms with E-state index >= 15 is 0 Å². The first-order valence-electron chi connectivity index (χ1n) is 10.1. The summed E-state index contributed by atoms with van der Waals surface area (Å²) in [5.74, 6) is -0.936. The fraction of sp³-hybridized carbons (Fsp3) is 0.810. The molecule has 1 rings (SSSR count). The van der Waals surface area contributed by atoms with Crippen LogP contribution in [0.1, 0.15) is 84.5 Å². The van der Waals surface area contributed by atoms with Gasteiger partial charge in [0.05, 0.1) is 12.2 Å². The van der Waals surface area contributed by atoms with Crippen LogP contribution in [0.25, 0.3) is 0 Å². The number of carboxylic acids is 1. The Morgan fingerprint density at radius 2 is 1.92 bits per heavy atom. The second-order valence-corrected chi connectivity index (χ2v) is 7.89. The quantitative estimate of drug-likeness (QED) is 0.339. The summed E-state index contributed by atoms with van der Waals surface area (Å²) in [4.78, 5) is 23.0. The van der Waals surface area contributed by atoms with Gasteiger partial charge in [0.1, 0.15) is 5.78 Å². The van der Waals surface area contributed by atoms with Crippen molar-refractivity contribution in [3.63, 3.8) is 0 Å². The Balaban J connectivity index is 2.53. The molecule has 1 aliphatic carbocycles. The molecule has 26 heavy (non-hydrogen) atoms. The Kier molecular flexibility index (Phi) is 10.1. The average Bonchev–Trinajstić information content (AvgIpc) is 2.78. The van der Waals surface area contributed by atoms with Crippen molar-refractivity contribution in [1.82, 2.24) is 0 Å². The zero-order valence-corrected chi connectivity index (χ0v) is 16.3. The molecule has 0 aliphatic heterocycles. The molecule has 1 saturated carbocycles. The Labute approximate surface area is 157 Å². The third-order valence-electron chi connectivity index (χ3n) is 5.66. The Bertz CT molecular complexity index is 473. The highest BCUT2D eigenvalue weighted by atomic mass is 16.4. The number of Topliss-reactive ketones (excluding diaryl/α,β-unsaturated/α-hetero) is 1. The molecule has 1 unspecified atom stereocenters. The topological polar surface area (TPSA) is 94.8 Å². The maximum atomic E-state index is 12.4. The van der Waals surface area contributed by atoms with Crippen LogP contribution in [0.4, 0.5) is 0 Å². The summed E-state index contributed by atoms with van der Waals surface area (Å²) in [5.41, 5.74) is -0.591. The van der Waals surface area contributed by atoms with E-state index in [1.807, 2.05) is 13.0 Å². The maximum Gasteiger partial charge on any atom is 0.303 e. The fourth-order valence-corrected chi connectivity index (χ4v) is 3.88. The van der Waals surface area contributed by atoms with Crippen molar-refractivity contribution in [3.8, 4) is 0 Å². The highest BCUT2D eigenvalue weighted by Gasteiger charge is 2.49. The molecule has 3 N–H and O–H groups in total. The van der Waals surface area contributed by atoms with Gasteiger partial charge in [-0.05, 0) is 19.3 Å². The van der Waals surface area contributed by atoms with Crippen molar-refractivity contribution in [3.05, 3.63) is 12.2 Å². The first-order chi connectivity index (χ1) is 12.3. The van der Waals surface area contributed by atoms with Gasteiger partial charge in [0.2, 0.25) is 0 Å². The number of aliphatic hydroxyl groups is 2. The summed E-state index contributed by atoms with van der Waals surface area (Å²) in [6.45, 7) is 4.04. The zero-order valence-electron chi connectivity index (χ0n) is 16.3. The monoisotopic (exact) mass is 368 g/mol. The molecule has 0 saturated heterocycles. The molecule has 0 aromatic rings. The van der Waals surface area contributed by atoms with Crippen LogP contribution < -0.4 is 0 Å². The second-order valence-electron chi connectivity index (χ2n) is 7.89. The van der Waals surface area contributed by atoms with E-state index in [2.05, 4.69) is 6.92 Å². The Morgan fingerprint density at radius 1 is 1.23 bits per heavy atom. The summed E-state index contributed by atoms with van der Waals surface area (Å²) >= 11 is 0. The van der Waals surface area contributed by atoms with E-state index in [0.717, 1.165) is 38.5 Å². The normalized spacial score (nSPS) is 27.3. The van der Waals surface area contributed by atoms with Crippen LogP contribution in [0, 0.1) is 11.3 Å². The minimum Gasteiger partial charge on any atom is -0.481 e. The van der Waals surface area contributed by atoms with Gasteiger partial charge in [0.25, 0.3) is 0 Å². The lowest BCUT2D eigenvalue weighted by Gasteiger charge is -2.29. The van der Waals surface area contributed by atoms with E-state index in [4.69, 9.17) is 5.11 Å². The number of carbonyl (C=O) groups is 2. The standard InChI is InChI=1S/C21H36O5/c1-3-4-7-10-16(22)12-13-17-18(23)15-19(24)21(17,2)14-9-6-5-8-11-20(25)26/h12-13,16-18,22-23H,3-11,14-15H2,1-2H3,(H,25,26)/t16?,17-,18+,21+/m0/s1. The lowest BCUT2D eigenvalue weighted by molar-refractivity contribution is -0.137. The van der Waals surface area contributed by atoms with Gasteiger partial charge in [-0.2, -0.15) is 0 Å². The molecule has 0 aromatic carbocycles. The predicted octanol–water partition coefficient (Wildman–Crippen LogP) is 3.87. The number of rotatable bonds is 13. The lowest BCUT2D eigenvalue weighted by Crippen LogP contribution is -2.31. The van der Waals surface area contributed by atoms with Crippen LogP contribution in [0.15, 0.2) is 12.2 Å². The zero-order chi connectivity index (χ0) is 19.6. The van der Waals surface area contributed by atoms with Gasteiger partial charge in [-0.15, -0.1) is 0 Å². The van der Waals surface area contributed by atoms with E-state index in [1.54, 1.807) is 6.08 Å². The van der Waals surface area contributed by atoms with Crippen molar-refractivity contribution in [1.29, 1.82) is 0 Å². The predicted molar refractivity (Wildman–Crippen MR) is 102 cm³/mol. The van der Waals surface area contributed by atoms with Crippen LogP contribution in [0.3, 0.4) is 0 Å². The Hall–Kier alpha value is -1.20. The first-order valence-corrected chi connectivity index (χ1v) is 10.1. The van der Waals surface area contributed by atoms with Crippen LogP contribution in [-0.4, -0.2) is 39.3 Å². The Morgan fingerprint density at radius 3 is 2.58 bits per heavy atom. The molecular weight excluding hydrogens is 332 g/mol. The molecular formula is C21H36O5. The number of aliphatic carboxylic acids is 1.